The SMILES string of the molecule is Cc1cccc(O[C@H](C)C(=O)N(CCN(C)C)C[C@@H]2CCCO2)c1. The molecule has 1 aliphatic heterocycles. The number of hydrogen-bond donors (Lipinski definition) is 0. The summed E-state index contributed by atoms with van der Waals surface area (Å²) < 4.78 is 11.6. The fraction of sp³-hybridized carbons (Fsp3) is 0.632. The first kappa shape index (κ1) is 18.7. The number of aryl methyl sites for hydroxylation is 1. The van der Waals surface area contributed by atoms with E-state index in [0.29, 0.717) is 13.1 Å². The highest BCUT2D eigenvalue weighted by Gasteiger charge is 2.26. The number of carbonyl (C=O) groups is 1. The number of benzene rings is 1. The Labute approximate surface area is 145 Å². The third kappa shape index (κ3) is 5.80. The van der Waals surface area contributed by atoms with Crippen LogP contribution in [0.5, 0.6) is 5.75 Å². The van der Waals surface area contributed by atoms with Gasteiger partial charge in [0.05, 0.1) is 6.10 Å². The smallest absolute Gasteiger partial charge is 0.263 e. The molecule has 5 heteroatoms. The maximum atomic E-state index is 12.9. The monoisotopic (exact) mass is 334 g/mol. The molecule has 1 aromatic carbocycles. The van der Waals surface area contributed by atoms with E-state index in [4.69, 9.17) is 9.47 Å². The maximum absolute atomic E-state index is 12.9. The van der Waals surface area contributed by atoms with Gasteiger partial charge in [0.1, 0.15) is 5.75 Å². The Kier molecular flexibility index (Phi) is 7.06. The van der Waals surface area contributed by atoms with Crippen molar-refractivity contribution in [2.45, 2.75) is 38.9 Å². The second-order valence-electron chi connectivity index (χ2n) is 6.80. The Balaban J connectivity index is 1.98. The van der Waals surface area contributed by atoms with Crippen LogP contribution in [-0.4, -0.2) is 68.3 Å². The number of ether oxygens (including phenoxy) is 2. The summed E-state index contributed by atoms with van der Waals surface area (Å²) in [7, 11) is 4.03. The van der Waals surface area contributed by atoms with E-state index in [2.05, 4.69) is 4.90 Å². The van der Waals surface area contributed by atoms with Gasteiger partial charge in [0.15, 0.2) is 6.10 Å². The van der Waals surface area contributed by atoms with Gasteiger partial charge < -0.3 is 19.3 Å². The van der Waals surface area contributed by atoms with Crippen molar-refractivity contribution in [2.75, 3.05) is 40.3 Å². The summed E-state index contributed by atoms with van der Waals surface area (Å²) >= 11 is 0. The van der Waals surface area contributed by atoms with E-state index in [-0.39, 0.29) is 12.0 Å². The lowest BCUT2D eigenvalue weighted by atomic mass is 10.2. The normalized spacial score (nSPS) is 18.6. The molecule has 0 aliphatic carbocycles. The minimum atomic E-state index is -0.504. The quantitative estimate of drug-likeness (QED) is 0.732. The largest absolute Gasteiger partial charge is 0.481 e. The molecule has 1 aromatic rings. The van der Waals surface area contributed by atoms with E-state index >= 15 is 0 Å². The average Bonchev–Trinajstić information content (AvgIpc) is 3.03. The highest BCUT2D eigenvalue weighted by Crippen LogP contribution is 2.17. The minimum absolute atomic E-state index is 0.0221. The minimum Gasteiger partial charge on any atom is -0.481 e. The van der Waals surface area contributed by atoms with Gasteiger partial charge in [-0.1, -0.05) is 12.1 Å². The Morgan fingerprint density at radius 3 is 2.79 bits per heavy atom. The predicted molar refractivity (Wildman–Crippen MR) is 95.4 cm³/mol. The summed E-state index contributed by atoms with van der Waals surface area (Å²) in [6.07, 6.45) is 1.76. The van der Waals surface area contributed by atoms with Gasteiger partial charge in [0, 0.05) is 26.2 Å². The molecule has 1 fully saturated rings. The summed E-state index contributed by atoms with van der Waals surface area (Å²) in [5.74, 6) is 0.759. The first-order valence-electron chi connectivity index (χ1n) is 8.74. The number of rotatable bonds is 8. The molecule has 1 amide bonds. The third-order valence-corrected chi connectivity index (χ3v) is 4.23. The van der Waals surface area contributed by atoms with E-state index in [0.717, 1.165) is 37.3 Å². The van der Waals surface area contributed by atoms with Crippen molar-refractivity contribution in [2.24, 2.45) is 0 Å². The fourth-order valence-corrected chi connectivity index (χ4v) is 2.85. The molecule has 0 spiro atoms. The number of likely N-dealkylation sites (N-methyl/N-ethyl adjacent to an activating group) is 1. The number of hydrogen-bond acceptors (Lipinski definition) is 4. The van der Waals surface area contributed by atoms with Crippen LogP contribution in [0.25, 0.3) is 0 Å². The van der Waals surface area contributed by atoms with E-state index in [1.165, 1.54) is 0 Å². The molecule has 2 atom stereocenters. The van der Waals surface area contributed by atoms with Crippen molar-refractivity contribution in [1.82, 2.24) is 9.80 Å². The fourth-order valence-electron chi connectivity index (χ4n) is 2.85. The number of nitrogens with zero attached hydrogens (tertiary/aromatic N) is 2. The van der Waals surface area contributed by atoms with Gasteiger partial charge >= 0.3 is 0 Å². The van der Waals surface area contributed by atoms with Gasteiger partial charge in [0.25, 0.3) is 5.91 Å². The highest BCUT2D eigenvalue weighted by molar-refractivity contribution is 5.81. The van der Waals surface area contributed by atoms with E-state index in [1.807, 2.05) is 57.1 Å². The molecule has 0 aromatic heterocycles. The van der Waals surface area contributed by atoms with Gasteiger partial charge in [-0.15, -0.1) is 0 Å². The molecular formula is C19H30N2O3. The second-order valence-corrected chi connectivity index (χ2v) is 6.80. The zero-order valence-corrected chi connectivity index (χ0v) is 15.3. The molecule has 2 rings (SSSR count). The van der Waals surface area contributed by atoms with Gasteiger partial charge in [-0.2, -0.15) is 0 Å². The van der Waals surface area contributed by atoms with Crippen LogP contribution in [-0.2, 0) is 9.53 Å². The van der Waals surface area contributed by atoms with Gasteiger partial charge in [0.2, 0.25) is 0 Å². The van der Waals surface area contributed by atoms with Crippen LogP contribution in [0.2, 0.25) is 0 Å². The van der Waals surface area contributed by atoms with E-state index in [9.17, 15) is 4.79 Å². The zero-order chi connectivity index (χ0) is 17.5. The molecular weight excluding hydrogens is 304 g/mol. The molecule has 0 radical (unpaired) electrons. The molecule has 1 aliphatic rings. The van der Waals surface area contributed by atoms with Crippen LogP contribution < -0.4 is 4.74 Å². The molecule has 1 saturated heterocycles. The van der Waals surface area contributed by atoms with Crippen LogP contribution in [0, 0.1) is 6.92 Å². The third-order valence-electron chi connectivity index (χ3n) is 4.23. The van der Waals surface area contributed by atoms with Crippen molar-refractivity contribution in [3.05, 3.63) is 29.8 Å². The second kappa shape index (κ2) is 9.04. The van der Waals surface area contributed by atoms with Crippen molar-refractivity contribution in [3.63, 3.8) is 0 Å². The van der Waals surface area contributed by atoms with Crippen molar-refractivity contribution in [1.29, 1.82) is 0 Å². The van der Waals surface area contributed by atoms with Crippen LogP contribution in [0.3, 0.4) is 0 Å². The standard InChI is InChI=1S/C19H30N2O3/c1-15-7-5-8-17(13-15)24-16(2)19(22)21(11-10-20(3)4)14-18-9-6-12-23-18/h5,7-8,13,16,18H,6,9-12,14H2,1-4H3/t16-,18+/m1/s1. The van der Waals surface area contributed by atoms with Gasteiger partial charge in [-0.05, 0) is 58.5 Å². The molecule has 5 nitrogen and oxygen atoms in total. The van der Waals surface area contributed by atoms with E-state index in [1.54, 1.807) is 0 Å². The van der Waals surface area contributed by atoms with Crippen LogP contribution in [0.1, 0.15) is 25.3 Å². The zero-order valence-electron chi connectivity index (χ0n) is 15.3. The summed E-state index contributed by atoms with van der Waals surface area (Å²) in [6.45, 7) is 6.80. The molecule has 1 heterocycles. The summed E-state index contributed by atoms with van der Waals surface area (Å²) in [6, 6.07) is 7.80. The lowest BCUT2D eigenvalue weighted by Gasteiger charge is -2.29. The summed E-state index contributed by atoms with van der Waals surface area (Å²) in [5, 5.41) is 0. The van der Waals surface area contributed by atoms with E-state index < -0.39 is 6.10 Å². The van der Waals surface area contributed by atoms with Crippen molar-refractivity contribution >= 4 is 5.91 Å². The highest BCUT2D eigenvalue weighted by atomic mass is 16.5. The maximum Gasteiger partial charge on any atom is 0.263 e. The van der Waals surface area contributed by atoms with Crippen molar-refractivity contribution in [3.8, 4) is 5.75 Å². The Hall–Kier alpha value is -1.59. The molecule has 0 N–H and O–H groups in total. The average molecular weight is 334 g/mol. The van der Waals surface area contributed by atoms with Gasteiger partial charge in [-0.3, -0.25) is 4.79 Å². The van der Waals surface area contributed by atoms with Crippen molar-refractivity contribution < 1.29 is 14.3 Å². The first-order valence-corrected chi connectivity index (χ1v) is 8.74. The lowest BCUT2D eigenvalue weighted by Crippen LogP contribution is -2.46. The topological polar surface area (TPSA) is 42.0 Å². The molecule has 0 unspecified atom stereocenters. The number of carbonyl (C=O) groups excluding carboxylic acids is 1. The Morgan fingerprint density at radius 2 is 2.17 bits per heavy atom. The molecule has 0 bridgehead atoms. The molecule has 134 valence electrons. The Bertz CT molecular complexity index is 527. The lowest BCUT2D eigenvalue weighted by molar-refractivity contribution is -0.139. The summed E-state index contributed by atoms with van der Waals surface area (Å²) in [4.78, 5) is 16.8. The van der Waals surface area contributed by atoms with Crippen LogP contribution in [0.4, 0.5) is 0 Å². The number of amides is 1. The van der Waals surface area contributed by atoms with Gasteiger partial charge in [-0.25, -0.2) is 0 Å². The van der Waals surface area contributed by atoms with Crippen LogP contribution >= 0.6 is 0 Å². The predicted octanol–water partition coefficient (Wildman–Crippen LogP) is 2.33. The first-order chi connectivity index (χ1) is 11.5. The molecule has 0 saturated carbocycles. The Morgan fingerprint density at radius 1 is 1.38 bits per heavy atom. The molecule has 24 heavy (non-hydrogen) atoms. The van der Waals surface area contributed by atoms with Crippen LogP contribution in [0.15, 0.2) is 24.3 Å². The summed E-state index contributed by atoms with van der Waals surface area (Å²) in [5.41, 5.74) is 1.12.